The summed E-state index contributed by atoms with van der Waals surface area (Å²) >= 11 is 0. The molecule has 23 heavy (non-hydrogen) atoms. The summed E-state index contributed by atoms with van der Waals surface area (Å²) < 4.78 is 0. The van der Waals surface area contributed by atoms with Crippen LogP contribution < -0.4 is 5.32 Å². The second kappa shape index (κ2) is 6.27. The van der Waals surface area contributed by atoms with Crippen LogP contribution >= 0.6 is 0 Å². The van der Waals surface area contributed by atoms with E-state index in [2.05, 4.69) is 5.32 Å². The third-order valence-electron chi connectivity index (χ3n) is 3.54. The first-order valence-electron chi connectivity index (χ1n) is 7.14. The van der Waals surface area contributed by atoms with E-state index >= 15 is 0 Å². The van der Waals surface area contributed by atoms with E-state index in [1.807, 2.05) is 42.5 Å². The van der Waals surface area contributed by atoms with Crippen LogP contribution in [0.15, 0.2) is 66.7 Å². The number of nitro benzene ring substituents is 1. The second-order valence-electron chi connectivity index (χ2n) is 5.21. The summed E-state index contributed by atoms with van der Waals surface area (Å²) in [6, 6.07) is 19.7. The average molecular weight is 306 g/mol. The van der Waals surface area contributed by atoms with Gasteiger partial charge in [-0.3, -0.25) is 14.9 Å². The van der Waals surface area contributed by atoms with Crippen LogP contribution in [0.4, 0.5) is 11.4 Å². The second-order valence-corrected chi connectivity index (χ2v) is 5.21. The number of carbonyl (C=O) groups excluding carboxylic acids is 1. The number of nitro groups is 1. The minimum absolute atomic E-state index is 0.00229. The summed E-state index contributed by atoms with van der Waals surface area (Å²) in [5.74, 6) is -0.158. The molecule has 0 saturated carbocycles. The van der Waals surface area contributed by atoms with Crippen molar-refractivity contribution in [2.45, 2.75) is 6.42 Å². The van der Waals surface area contributed by atoms with Crippen molar-refractivity contribution in [1.29, 1.82) is 0 Å². The van der Waals surface area contributed by atoms with Crippen LogP contribution in [-0.2, 0) is 11.2 Å². The van der Waals surface area contributed by atoms with Crippen molar-refractivity contribution in [2.24, 2.45) is 0 Å². The van der Waals surface area contributed by atoms with Crippen molar-refractivity contribution < 1.29 is 9.72 Å². The van der Waals surface area contributed by atoms with Gasteiger partial charge in [0.1, 0.15) is 0 Å². The van der Waals surface area contributed by atoms with Crippen LogP contribution in [0.1, 0.15) is 5.56 Å². The van der Waals surface area contributed by atoms with E-state index in [9.17, 15) is 14.9 Å². The Bertz CT molecular complexity index is 873. The molecule has 3 aromatic carbocycles. The zero-order valence-electron chi connectivity index (χ0n) is 12.2. The molecule has 0 bridgehead atoms. The number of amides is 1. The normalized spacial score (nSPS) is 10.4. The van der Waals surface area contributed by atoms with E-state index < -0.39 is 4.92 Å². The van der Waals surface area contributed by atoms with Crippen LogP contribution in [-0.4, -0.2) is 10.8 Å². The third-order valence-corrected chi connectivity index (χ3v) is 3.54. The summed E-state index contributed by atoms with van der Waals surface area (Å²) in [6.07, 6.45) is 0.252. The highest BCUT2D eigenvalue weighted by Crippen LogP contribution is 2.18. The first-order valence-corrected chi connectivity index (χ1v) is 7.14. The van der Waals surface area contributed by atoms with Gasteiger partial charge in [-0.2, -0.15) is 0 Å². The number of carbonyl (C=O) groups is 1. The molecule has 3 rings (SSSR count). The molecule has 5 nitrogen and oxygen atoms in total. The largest absolute Gasteiger partial charge is 0.326 e. The maximum atomic E-state index is 12.1. The maximum absolute atomic E-state index is 12.1. The molecule has 0 aromatic heterocycles. The molecular formula is C18H14N2O3. The minimum Gasteiger partial charge on any atom is -0.326 e. The Morgan fingerprint density at radius 2 is 1.65 bits per heavy atom. The number of nitrogens with zero attached hydrogens (tertiary/aromatic N) is 1. The Balaban J connectivity index is 1.69. The SMILES string of the molecule is O=C(Cc1ccc2ccccc2c1)Nc1ccc([N+](=O)[O-])cc1. The Morgan fingerprint density at radius 1 is 0.957 bits per heavy atom. The smallest absolute Gasteiger partial charge is 0.269 e. The molecule has 0 heterocycles. The van der Waals surface area contributed by atoms with Crippen LogP contribution in [0.2, 0.25) is 0 Å². The lowest BCUT2D eigenvalue weighted by Crippen LogP contribution is -2.14. The van der Waals surface area contributed by atoms with Gasteiger partial charge in [-0.05, 0) is 28.5 Å². The first kappa shape index (κ1) is 14.7. The third kappa shape index (κ3) is 3.52. The van der Waals surface area contributed by atoms with Gasteiger partial charge in [0.05, 0.1) is 11.3 Å². The molecule has 0 saturated heterocycles. The Hall–Kier alpha value is -3.21. The number of hydrogen-bond donors (Lipinski definition) is 1. The number of non-ortho nitro benzene ring substituents is 1. The Labute approximate surface area is 132 Å². The van der Waals surface area contributed by atoms with Crippen LogP contribution in [0, 0.1) is 10.1 Å². The van der Waals surface area contributed by atoms with Gasteiger partial charge in [0.25, 0.3) is 5.69 Å². The molecule has 0 aliphatic heterocycles. The number of nitrogens with one attached hydrogen (secondary N) is 1. The van der Waals surface area contributed by atoms with Crippen molar-refractivity contribution >= 4 is 28.1 Å². The number of fused-ring (bicyclic) bond motifs is 1. The molecular weight excluding hydrogens is 292 g/mol. The summed E-state index contributed by atoms with van der Waals surface area (Å²) in [5.41, 5.74) is 1.46. The highest BCUT2D eigenvalue weighted by atomic mass is 16.6. The molecule has 0 unspecified atom stereocenters. The van der Waals surface area contributed by atoms with Crippen molar-refractivity contribution in [3.05, 3.63) is 82.4 Å². The van der Waals surface area contributed by atoms with E-state index in [0.29, 0.717) is 5.69 Å². The Kier molecular flexibility index (Phi) is 4.01. The highest BCUT2D eigenvalue weighted by Gasteiger charge is 2.07. The van der Waals surface area contributed by atoms with E-state index in [4.69, 9.17) is 0 Å². The van der Waals surface area contributed by atoms with E-state index in [0.717, 1.165) is 16.3 Å². The monoisotopic (exact) mass is 306 g/mol. The molecule has 0 radical (unpaired) electrons. The lowest BCUT2D eigenvalue weighted by molar-refractivity contribution is -0.384. The van der Waals surface area contributed by atoms with E-state index in [-0.39, 0.29) is 18.0 Å². The van der Waals surface area contributed by atoms with Gasteiger partial charge in [0.15, 0.2) is 0 Å². The number of benzene rings is 3. The molecule has 0 atom stereocenters. The van der Waals surface area contributed by atoms with Crippen LogP contribution in [0.3, 0.4) is 0 Å². The predicted octanol–water partition coefficient (Wildman–Crippen LogP) is 3.93. The topological polar surface area (TPSA) is 72.2 Å². The molecule has 5 heteroatoms. The fraction of sp³-hybridized carbons (Fsp3) is 0.0556. The van der Waals surface area contributed by atoms with Crippen LogP contribution in [0.5, 0.6) is 0 Å². The van der Waals surface area contributed by atoms with Crippen molar-refractivity contribution in [3.8, 4) is 0 Å². The van der Waals surface area contributed by atoms with Crippen molar-refractivity contribution in [1.82, 2.24) is 0 Å². The lowest BCUT2D eigenvalue weighted by atomic mass is 10.0. The van der Waals surface area contributed by atoms with Gasteiger partial charge in [-0.1, -0.05) is 42.5 Å². The van der Waals surface area contributed by atoms with Gasteiger partial charge >= 0.3 is 0 Å². The van der Waals surface area contributed by atoms with Gasteiger partial charge in [-0.25, -0.2) is 0 Å². The van der Waals surface area contributed by atoms with Gasteiger partial charge in [0, 0.05) is 17.8 Å². The molecule has 0 aliphatic carbocycles. The van der Waals surface area contributed by atoms with Crippen molar-refractivity contribution in [3.63, 3.8) is 0 Å². The van der Waals surface area contributed by atoms with Gasteiger partial charge < -0.3 is 5.32 Å². The molecule has 0 aliphatic rings. The zero-order valence-corrected chi connectivity index (χ0v) is 12.2. The minimum atomic E-state index is -0.472. The zero-order chi connectivity index (χ0) is 16.2. The summed E-state index contributed by atoms with van der Waals surface area (Å²) in [6.45, 7) is 0. The number of rotatable bonds is 4. The number of anilines is 1. The van der Waals surface area contributed by atoms with Gasteiger partial charge in [0.2, 0.25) is 5.91 Å². The molecule has 1 amide bonds. The highest BCUT2D eigenvalue weighted by molar-refractivity contribution is 5.93. The summed E-state index contributed by atoms with van der Waals surface area (Å²) in [5, 5.41) is 15.6. The maximum Gasteiger partial charge on any atom is 0.269 e. The van der Waals surface area contributed by atoms with Gasteiger partial charge in [-0.15, -0.1) is 0 Å². The molecule has 0 spiro atoms. The van der Waals surface area contributed by atoms with Crippen molar-refractivity contribution in [2.75, 3.05) is 5.32 Å². The lowest BCUT2D eigenvalue weighted by Gasteiger charge is -2.06. The molecule has 114 valence electrons. The quantitative estimate of drug-likeness (QED) is 0.586. The standard InChI is InChI=1S/C18H14N2O3/c21-18(19-16-7-9-17(10-8-16)20(22)23)12-13-5-6-14-3-1-2-4-15(14)11-13/h1-11H,12H2,(H,19,21). The van der Waals surface area contributed by atoms with E-state index in [1.54, 1.807) is 0 Å². The molecule has 3 aromatic rings. The molecule has 1 N–H and O–H groups in total. The Morgan fingerprint density at radius 3 is 2.35 bits per heavy atom. The molecule has 0 fully saturated rings. The summed E-state index contributed by atoms with van der Waals surface area (Å²) in [4.78, 5) is 22.2. The fourth-order valence-corrected chi connectivity index (χ4v) is 2.41. The first-order chi connectivity index (χ1) is 11.1. The fourth-order valence-electron chi connectivity index (χ4n) is 2.41. The van der Waals surface area contributed by atoms with E-state index in [1.165, 1.54) is 24.3 Å². The summed E-state index contributed by atoms with van der Waals surface area (Å²) in [7, 11) is 0. The average Bonchev–Trinajstić information content (AvgIpc) is 2.55. The van der Waals surface area contributed by atoms with Crippen LogP contribution in [0.25, 0.3) is 10.8 Å². The number of hydrogen-bond acceptors (Lipinski definition) is 3. The predicted molar refractivity (Wildman–Crippen MR) is 89.4 cm³/mol.